The van der Waals surface area contributed by atoms with Crippen LogP contribution in [0.15, 0.2) is 24.3 Å². The number of carboxylic acid groups (broad SMARTS) is 1. The molecule has 1 unspecified atom stereocenters. The Balaban J connectivity index is 2.24. The first-order chi connectivity index (χ1) is 8.56. The summed E-state index contributed by atoms with van der Waals surface area (Å²) in [5.41, 5.74) is 0.878. The summed E-state index contributed by atoms with van der Waals surface area (Å²) in [6.07, 6.45) is 0.366. The van der Waals surface area contributed by atoms with Gasteiger partial charge in [0.25, 0.3) is 0 Å². The van der Waals surface area contributed by atoms with Crippen molar-refractivity contribution in [1.29, 1.82) is 0 Å². The number of carboxylic acids is 1. The summed E-state index contributed by atoms with van der Waals surface area (Å²) in [5.74, 6) is -1.57. The molecule has 1 aromatic carbocycles. The summed E-state index contributed by atoms with van der Waals surface area (Å²) >= 11 is 7.20. The Kier molecular flexibility index (Phi) is 3.93. The zero-order chi connectivity index (χ0) is 13.1. The molecule has 0 saturated heterocycles. The second-order valence-electron chi connectivity index (χ2n) is 3.88. The van der Waals surface area contributed by atoms with Crippen molar-refractivity contribution in [3.63, 3.8) is 0 Å². The molecule has 0 spiro atoms. The van der Waals surface area contributed by atoms with E-state index in [1.807, 2.05) is 12.1 Å². The van der Waals surface area contributed by atoms with Gasteiger partial charge in [0, 0.05) is 5.02 Å². The quantitative estimate of drug-likeness (QED) is 0.936. The van der Waals surface area contributed by atoms with Crippen LogP contribution >= 0.6 is 22.9 Å². The number of aromatic nitrogens is 2. The molecule has 0 bridgehead atoms. The van der Waals surface area contributed by atoms with E-state index in [2.05, 4.69) is 10.2 Å². The molecule has 0 aliphatic rings. The Morgan fingerprint density at radius 2 is 2.28 bits per heavy atom. The van der Waals surface area contributed by atoms with Crippen LogP contribution in [-0.2, 0) is 11.2 Å². The number of hydrogen-bond acceptors (Lipinski definition) is 4. The van der Waals surface area contributed by atoms with E-state index in [4.69, 9.17) is 11.6 Å². The second kappa shape index (κ2) is 5.46. The van der Waals surface area contributed by atoms with Crippen molar-refractivity contribution in [2.45, 2.75) is 19.3 Å². The standard InChI is InChI=1S/C12H11ClN2O2S/c1-7-14-15-11(18-7)10(12(16)17)6-8-3-2-4-9(13)5-8/h2-5,10H,6H2,1H3,(H,16,17). The van der Waals surface area contributed by atoms with Crippen molar-refractivity contribution < 1.29 is 9.90 Å². The number of halogens is 1. The van der Waals surface area contributed by atoms with Gasteiger partial charge in [-0.25, -0.2) is 0 Å². The van der Waals surface area contributed by atoms with Crippen LogP contribution in [0.2, 0.25) is 5.02 Å². The molecule has 94 valence electrons. The van der Waals surface area contributed by atoms with Gasteiger partial charge in [-0.05, 0) is 31.0 Å². The third-order valence-corrected chi connectivity index (χ3v) is 3.65. The molecule has 0 fully saturated rings. The van der Waals surface area contributed by atoms with Gasteiger partial charge in [-0.1, -0.05) is 23.7 Å². The second-order valence-corrected chi connectivity index (χ2v) is 5.53. The molecule has 1 atom stereocenters. The van der Waals surface area contributed by atoms with E-state index in [9.17, 15) is 9.90 Å². The smallest absolute Gasteiger partial charge is 0.313 e. The third-order valence-electron chi connectivity index (χ3n) is 2.47. The maximum Gasteiger partial charge on any atom is 0.313 e. The lowest BCUT2D eigenvalue weighted by atomic mass is 10.0. The first-order valence-electron chi connectivity index (χ1n) is 5.33. The number of benzene rings is 1. The van der Waals surface area contributed by atoms with Crippen LogP contribution in [0.1, 0.15) is 21.5 Å². The molecule has 0 aliphatic carbocycles. The number of aryl methyl sites for hydroxylation is 1. The van der Waals surface area contributed by atoms with Crippen molar-refractivity contribution in [2.24, 2.45) is 0 Å². The van der Waals surface area contributed by atoms with Gasteiger partial charge < -0.3 is 5.11 Å². The largest absolute Gasteiger partial charge is 0.481 e. The molecule has 1 heterocycles. The molecular weight excluding hydrogens is 272 g/mol. The maximum absolute atomic E-state index is 11.3. The molecule has 2 rings (SSSR count). The van der Waals surface area contributed by atoms with Crippen LogP contribution < -0.4 is 0 Å². The Morgan fingerprint density at radius 3 is 2.83 bits per heavy atom. The lowest BCUT2D eigenvalue weighted by Crippen LogP contribution is -2.14. The van der Waals surface area contributed by atoms with E-state index in [1.54, 1.807) is 19.1 Å². The zero-order valence-electron chi connectivity index (χ0n) is 9.63. The van der Waals surface area contributed by atoms with E-state index in [0.29, 0.717) is 16.5 Å². The minimum Gasteiger partial charge on any atom is -0.481 e. The number of rotatable bonds is 4. The molecule has 0 aliphatic heterocycles. The van der Waals surface area contributed by atoms with Gasteiger partial charge in [0.15, 0.2) is 0 Å². The highest BCUT2D eigenvalue weighted by Gasteiger charge is 2.24. The lowest BCUT2D eigenvalue weighted by Gasteiger charge is -2.08. The van der Waals surface area contributed by atoms with Crippen LogP contribution in [0, 0.1) is 6.92 Å². The van der Waals surface area contributed by atoms with Gasteiger partial charge in [-0.3, -0.25) is 4.79 Å². The fourth-order valence-electron chi connectivity index (χ4n) is 1.63. The van der Waals surface area contributed by atoms with Crippen molar-refractivity contribution in [2.75, 3.05) is 0 Å². The fourth-order valence-corrected chi connectivity index (χ4v) is 2.64. The highest BCUT2D eigenvalue weighted by molar-refractivity contribution is 7.11. The van der Waals surface area contributed by atoms with Gasteiger partial charge in [-0.2, -0.15) is 0 Å². The summed E-state index contributed by atoms with van der Waals surface area (Å²) in [6.45, 7) is 1.81. The lowest BCUT2D eigenvalue weighted by molar-refractivity contribution is -0.138. The zero-order valence-corrected chi connectivity index (χ0v) is 11.2. The van der Waals surface area contributed by atoms with Crippen LogP contribution in [0.5, 0.6) is 0 Å². The van der Waals surface area contributed by atoms with Crippen LogP contribution in [0.25, 0.3) is 0 Å². The highest BCUT2D eigenvalue weighted by atomic mass is 35.5. The first kappa shape index (κ1) is 13.0. The number of aliphatic carboxylic acids is 1. The predicted octanol–water partition coefficient (Wildman–Crippen LogP) is 2.91. The molecule has 2 aromatic rings. The van der Waals surface area contributed by atoms with Gasteiger partial charge in [0.05, 0.1) is 0 Å². The number of hydrogen-bond donors (Lipinski definition) is 1. The predicted molar refractivity (Wildman–Crippen MR) is 70.2 cm³/mol. The highest BCUT2D eigenvalue weighted by Crippen LogP contribution is 2.25. The van der Waals surface area contributed by atoms with E-state index in [0.717, 1.165) is 10.6 Å². The Hall–Kier alpha value is -1.46. The Bertz CT molecular complexity index is 571. The van der Waals surface area contributed by atoms with E-state index in [1.165, 1.54) is 11.3 Å². The average Bonchev–Trinajstić information content (AvgIpc) is 2.72. The molecule has 1 N–H and O–H groups in total. The van der Waals surface area contributed by atoms with Crippen molar-refractivity contribution in [3.8, 4) is 0 Å². The summed E-state index contributed by atoms with van der Waals surface area (Å²) in [5, 5.41) is 18.9. The van der Waals surface area contributed by atoms with Gasteiger partial charge in [0.1, 0.15) is 15.9 Å². The van der Waals surface area contributed by atoms with Gasteiger partial charge in [-0.15, -0.1) is 21.5 Å². The van der Waals surface area contributed by atoms with Crippen LogP contribution in [0.3, 0.4) is 0 Å². The summed E-state index contributed by atoms with van der Waals surface area (Å²) in [7, 11) is 0. The number of nitrogens with zero attached hydrogens (tertiary/aromatic N) is 2. The molecule has 0 amide bonds. The summed E-state index contributed by atoms with van der Waals surface area (Å²) in [4.78, 5) is 11.3. The SMILES string of the molecule is Cc1nnc(C(Cc2cccc(Cl)c2)C(=O)O)s1. The van der Waals surface area contributed by atoms with Crippen LogP contribution in [-0.4, -0.2) is 21.3 Å². The minimum atomic E-state index is -0.897. The molecular formula is C12H11ClN2O2S. The molecule has 6 heteroatoms. The Labute approximate surface area is 113 Å². The van der Waals surface area contributed by atoms with Crippen molar-refractivity contribution in [1.82, 2.24) is 10.2 Å². The topological polar surface area (TPSA) is 63.1 Å². The average molecular weight is 283 g/mol. The summed E-state index contributed by atoms with van der Waals surface area (Å²) < 4.78 is 0. The van der Waals surface area contributed by atoms with Crippen LogP contribution in [0.4, 0.5) is 0 Å². The van der Waals surface area contributed by atoms with Crippen molar-refractivity contribution >= 4 is 28.9 Å². The fraction of sp³-hybridized carbons (Fsp3) is 0.250. The molecule has 4 nitrogen and oxygen atoms in total. The number of carbonyl (C=O) groups is 1. The summed E-state index contributed by atoms with van der Waals surface area (Å²) in [6, 6.07) is 7.19. The molecule has 1 aromatic heterocycles. The maximum atomic E-state index is 11.3. The normalized spacial score (nSPS) is 12.3. The minimum absolute atomic E-state index is 0.366. The third kappa shape index (κ3) is 3.05. The Morgan fingerprint density at radius 1 is 1.50 bits per heavy atom. The van der Waals surface area contributed by atoms with E-state index < -0.39 is 11.9 Å². The molecule has 0 radical (unpaired) electrons. The molecule has 18 heavy (non-hydrogen) atoms. The monoisotopic (exact) mass is 282 g/mol. The van der Waals surface area contributed by atoms with Gasteiger partial charge in [0.2, 0.25) is 0 Å². The van der Waals surface area contributed by atoms with E-state index >= 15 is 0 Å². The van der Waals surface area contributed by atoms with E-state index in [-0.39, 0.29) is 0 Å². The van der Waals surface area contributed by atoms with Gasteiger partial charge >= 0.3 is 5.97 Å². The van der Waals surface area contributed by atoms with Crippen molar-refractivity contribution in [3.05, 3.63) is 44.9 Å². The first-order valence-corrected chi connectivity index (χ1v) is 6.53. The molecule has 0 saturated carbocycles.